The SMILES string of the molecule is CS(=O)(=O)N1CCN(CCNC(=O)c2ccncc2)CC1. The number of aromatic nitrogens is 1. The van der Waals surface area contributed by atoms with Gasteiger partial charge in [0.05, 0.1) is 6.26 Å². The van der Waals surface area contributed by atoms with Gasteiger partial charge >= 0.3 is 0 Å². The van der Waals surface area contributed by atoms with E-state index in [1.54, 1.807) is 24.5 Å². The zero-order valence-electron chi connectivity index (χ0n) is 12.0. The number of pyridine rings is 1. The number of nitrogens with one attached hydrogen (secondary N) is 1. The van der Waals surface area contributed by atoms with Gasteiger partial charge in [-0.2, -0.15) is 4.31 Å². The first-order valence-corrected chi connectivity index (χ1v) is 8.67. The van der Waals surface area contributed by atoms with Crippen molar-refractivity contribution < 1.29 is 13.2 Å². The first-order valence-electron chi connectivity index (χ1n) is 6.82. The van der Waals surface area contributed by atoms with E-state index in [4.69, 9.17) is 0 Å². The van der Waals surface area contributed by atoms with Crippen LogP contribution in [-0.2, 0) is 10.0 Å². The van der Waals surface area contributed by atoms with Crippen LogP contribution >= 0.6 is 0 Å². The van der Waals surface area contributed by atoms with Gasteiger partial charge in [-0.15, -0.1) is 0 Å². The Labute approximate surface area is 125 Å². The molecule has 8 heteroatoms. The zero-order valence-corrected chi connectivity index (χ0v) is 12.8. The van der Waals surface area contributed by atoms with Gasteiger partial charge in [-0.3, -0.25) is 14.7 Å². The molecule has 0 spiro atoms. The van der Waals surface area contributed by atoms with E-state index in [1.807, 2.05) is 0 Å². The van der Waals surface area contributed by atoms with Crippen LogP contribution in [0.1, 0.15) is 10.4 Å². The van der Waals surface area contributed by atoms with Crippen LogP contribution in [0.25, 0.3) is 0 Å². The molecule has 1 aliphatic heterocycles. The van der Waals surface area contributed by atoms with E-state index in [-0.39, 0.29) is 5.91 Å². The normalized spacial score (nSPS) is 17.6. The molecule has 1 aromatic heterocycles. The minimum absolute atomic E-state index is 0.118. The van der Waals surface area contributed by atoms with Crippen LogP contribution in [0.2, 0.25) is 0 Å². The van der Waals surface area contributed by atoms with Crippen molar-refractivity contribution in [3.8, 4) is 0 Å². The Balaban J connectivity index is 1.70. The van der Waals surface area contributed by atoms with E-state index in [0.717, 1.165) is 0 Å². The summed E-state index contributed by atoms with van der Waals surface area (Å²) < 4.78 is 24.3. The molecule has 0 aliphatic carbocycles. The molecule has 0 atom stereocenters. The van der Waals surface area contributed by atoms with Crippen molar-refractivity contribution in [2.24, 2.45) is 0 Å². The van der Waals surface area contributed by atoms with E-state index >= 15 is 0 Å². The summed E-state index contributed by atoms with van der Waals surface area (Å²) >= 11 is 0. The highest BCUT2D eigenvalue weighted by Crippen LogP contribution is 2.05. The predicted octanol–water partition coefficient (Wildman–Crippen LogP) is -0.611. The summed E-state index contributed by atoms with van der Waals surface area (Å²) in [7, 11) is -3.09. The first kappa shape index (κ1) is 15.9. The van der Waals surface area contributed by atoms with Crippen molar-refractivity contribution in [1.82, 2.24) is 19.5 Å². The molecule has 0 radical (unpaired) electrons. The number of hydrogen-bond acceptors (Lipinski definition) is 5. The molecule has 0 unspecified atom stereocenters. The number of carbonyl (C=O) groups is 1. The number of sulfonamides is 1. The summed E-state index contributed by atoms with van der Waals surface area (Å²) in [6, 6.07) is 3.33. The number of carbonyl (C=O) groups excluding carboxylic acids is 1. The molecule has 0 saturated carbocycles. The Morgan fingerprint density at radius 3 is 2.43 bits per heavy atom. The molecule has 1 saturated heterocycles. The lowest BCUT2D eigenvalue weighted by Crippen LogP contribution is -2.49. The topological polar surface area (TPSA) is 82.6 Å². The summed E-state index contributed by atoms with van der Waals surface area (Å²) in [5.74, 6) is -0.118. The molecule has 2 rings (SSSR count). The highest BCUT2D eigenvalue weighted by Gasteiger charge is 2.22. The summed E-state index contributed by atoms with van der Waals surface area (Å²) in [5.41, 5.74) is 0.590. The molecule has 2 heterocycles. The first-order chi connectivity index (χ1) is 9.97. The van der Waals surface area contributed by atoms with Gasteiger partial charge in [0.25, 0.3) is 5.91 Å². The van der Waals surface area contributed by atoms with E-state index in [2.05, 4.69) is 15.2 Å². The third kappa shape index (κ3) is 4.76. The standard InChI is InChI=1S/C13H20N4O3S/c1-21(19,20)17-10-8-16(9-11-17)7-6-15-13(18)12-2-4-14-5-3-12/h2-5H,6-11H2,1H3,(H,15,18). The average Bonchev–Trinajstić information content (AvgIpc) is 2.47. The van der Waals surface area contributed by atoms with Gasteiger partial charge in [0.15, 0.2) is 0 Å². The molecule has 1 N–H and O–H groups in total. The summed E-state index contributed by atoms with van der Waals surface area (Å²) in [5, 5.41) is 2.85. The second kappa shape index (κ2) is 6.97. The minimum atomic E-state index is -3.09. The van der Waals surface area contributed by atoms with E-state index < -0.39 is 10.0 Å². The molecule has 116 valence electrons. The molecule has 1 aromatic rings. The van der Waals surface area contributed by atoms with Crippen molar-refractivity contribution in [3.05, 3.63) is 30.1 Å². The van der Waals surface area contributed by atoms with Crippen molar-refractivity contribution in [2.75, 3.05) is 45.5 Å². The summed E-state index contributed by atoms with van der Waals surface area (Å²) in [6.45, 7) is 3.67. The average molecular weight is 312 g/mol. The zero-order chi connectivity index (χ0) is 15.3. The number of amides is 1. The smallest absolute Gasteiger partial charge is 0.251 e. The van der Waals surface area contributed by atoms with Crippen molar-refractivity contribution in [2.45, 2.75) is 0 Å². The van der Waals surface area contributed by atoms with Crippen LogP contribution in [0.15, 0.2) is 24.5 Å². The van der Waals surface area contributed by atoms with E-state index in [9.17, 15) is 13.2 Å². The largest absolute Gasteiger partial charge is 0.351 e. The molecule has 1 aliphatic rings. The Morgan fingerprint density at radius 1 is 1.24 bits per heavy atom. The van der Waals surface area contributed by atoms with Crippen LogP contribution in [0.3, 0.4) is 0 Å². The third-order valence-corrected chi connectivity index (χ3v) is 4.76. The molecule has 21 heavy (non-hydrogen) atoms. The molecule has 0 aromatic carbocycles. The molecular weight excluding hydrogens is 292 g/mol. The highest BCUT2D eigenvalue weighted by molar-refractivity contribution is 7.88. The fourth-order valence-electron chi connectivity index (χ4n) is 2.22. The van der Waals surface area contributed by atoms with Crippen molar-refractivity contribution in [3.63, 3.8) is 0 Å². The lowest BCUT2D eigenvalue weighted by molar-refractivity contribution is 0.0945. The van der Waals surface area contributed by atoms with Gasteiger partial charge in [-0.25, -0.2) is 8.42 Å². The fourth-order valence-corrected chi connectivity index (χ4v) is 3.04. The predicted molar refractivity (Wildman–Crippen MR) is 79.4 cm³/mol. The summed E-state index contributed by atoms with van der Waals surface area (Å²) in [4.78, 5) is 17.8. The van der Waals surface area contributed by atoms with Crippen LogP contribution in [0, 0.1) is 0 Å². The van der Waals surface area contributed by atoms with E-state index in [1.165, 1.54) is 10.6 Å². The second-order valence-corrected chi connectivity index (χ2v) is 6.98. The van der Waals surface area contributed by atoms with Gasteiger partial charge in [0, 0.05) is 57.2 Å². The van der Waals surface area contributed by atoms with Crippen LogP contribution in [-0.4, -0.2) is 74.0 Å². The van der Waals surface area contributed by atoms with Crippen LogP contribution in [0.4, 0.5) is 0 Å². The molecular formula is C13H20N4O3S. The van der Waals surface area contributed by atoms with Gasteiger partial charge in [-0.05, 0) is 12.1 Å². The maximum atomic E-state index is 11.8. The molecule has 1 fully saturated rings. The molecule has 7 nitrogen and oxygen atoms in total. The van der Waals surface area contributed by atoms with Crippen LogP contribution in [0.5, 0.6) is 0 Å². The summed E-state index contributed by atoms with van der Waals surface area (Å²) in [6.07, 6.45) is 4.40. The number of nitrogens with zero attached hydrogens (tertiary/aromatic N) is 3. The van der Waals surface area contributed by atoms with E-state index in [0.29, 0.717) is 44.8 Å². The number of rotatable bonds is 5. The maximum absolute atomic E-state index is 11.8. The van der Waals surface area contributed by atoms with Gasteiger partial charge in [0.2, 0.25) is 10.0 Å². The van der Waals surface area contributed by atoms with Crippen molar-refractivity contribution in [1.29, 1.82) is 0 Å². The Kier molecular flexibility index (Phi) is 5.27. The second-order valence-electron chi connectivity index (χ2n) is 5.00. The highest BCUT2D eigenvalue weighted by atomic mass is 32.2. The Bertz CT molecular complexity index is 568. The van der Waals surface area contributed by atoms with Gasteiger partial charge < -0.3 is 5.32 Å². The minimum Gasteiger partial charge on any atom is -0.351 e. The monoisotopic (exact) mass is 312 g/mol. The van der Waals surface area contributed by atoms with Crippen molar-refractivity contribution >= 4 is 15.9 Å². The Hall–Kier alpha value is -1.51. The third-order valence-electron chi connectivity index (χ3n) is 3.46. The molecule has 1 amide bonds. The van der Waals surface area contributed by atoms with Gasteiger partial charge in [-0.1, -0.05) is 0 Å². The lowest BCUT2D eigenvalue weighted by Gasteiger charge is -2.33. The number of hydrogen-bond donors (Lipinski definition) is 1. The van der Waals surface area contributed by atoms with Crippen LogP contribution < -0.4 is 5.32 Å². The lowest BCUT2D eigenvalue weighted by atomic mass is 10.2. The molecule has 0 bridgehead atoms. The maximum Gasteiger partial charge on any atom is 0.251 e. The number of piperazine rings is 1. The quantitative estimate of drug-likeness (QED) is 0.784. The Morgan fingerprint density at radius 2 is 1.86 bits per heavy atom. The fraction of sp³-hybridized carbons (Fsp3) is 0.538. The van der Waals surface area contributed by atoms with Gasteiger partial charge in [0.1, 0.15) is 0 Å².